The molecule has 0 spiro atoms. The Hall–Kier alpha value is -2.78. The lowest BCUT2D eigenvalue weighted by molar-refractivity contribution is -0.137. The third kappa shape index (κ3) is 3.38. The summed E-state index contributed by atoms with van der Waals surface area (Å²) >= 11 is 6.41. The van der Waals surface area contributed by atoms with Gasteiger partial charge in [0.2, 0.25) is 0 Å². The van der Waals surface area contributed by atoms with Gasteiger partial charge in [-0.2, -0.15) is 13.2 Å². The SMILES string of the molecule is O=C1NC(=O)/C(=C\c2cc3cncc(-c4ccc(Cl)c(C(F)(F)F)c4)c3o2)S1. The summed E-state index contributed by atoms with van der Waals surface area (Å²) in [6.45, 7) is 0. The summed E-state index contributed by atoms with van der Waals surface area (Å²) in [5, 5.41) is 1.76. The predicted octanol–water partition coefficient (Wildman–Crippen LogP) is 5.49. The molecule has 0 atom stereocenters. The van der Waals surface area contributed by atoms with E-state index in [1.54, 1.807) is 6.07 Å². The van der Waals surface area contributed by atoms with Crippen molar-refractivity contribution in [1.82, 2.24) is 10.3 Å². The number of pyridine rings is 1. The zero-order valence-electron chi connectivity index (χ0n) is 13.6. The number of alkyl halides is 3. The van der Waals surface area contributed by atoms with Gasteiger partial charge in [0.1, 0.15) is 11.3 Å². The Kier molecular flexibility index (Phi) is 4.43. The van der Waals surface area contributed by atoms with Crippen molar-refractivity contribution in [2.24, 2.45) is 0 Å². The fraction of sp³-hybridized carbons (Fsp3) is 0.0556. The molecule has 5 nitrogen and oxygen atoms in total. The maximum atomic E-state index is 13.2. The minimum absolute atomic E-state index is 0.157. The van der Waals surface area contributed by atoms with Crippen LogP contribution in [0.2, 0.25) is 5.02 Å². The zero-order chi connectivity index (χ0) is 20.1. The predicted molar refractivity (Wildman–Crippen MR) is 98.6 cm³/mol. The van der Waals surface area contributed by atoms with Crippen LogP contribution in [0.25, 0.3) is 28.2 Å². The summed E-state index contributed by atoms with van der Waals surface area (Å²) in [5.74, 6) is -0.275. The van der Waals surface area contributed by atoms with Crippen LogP contribution in [0.5, 0.6) is 0 Å². The number of amides is 2. The molecule has 0 radical (unpaired) electrons. The van der Waals surface area contributed by atoms with E-state index in [4.69, 9.17) is 16.0 Å². The van der Waals surface area contributed by atoms with Crippen LogP contribution in [0.3, 0.4) is 0 Å². The van der Waals surface area contributed by atoms with Crippen LogP contribution < -0.4 is 5.32 Å². The molecule has 1 N–H and O–H groups in total. The van der Waals surface area contributed by atoms with Crippen LogP contribution >= 0.6 is 23.4 Å². The van der Waals surface area contributed by atoms with Crippen molar-refractivity contribution in [3.8, 4) is 11.1 Å². The van der Waals surface area contributed by atoms with Gasteiger partial charge in [-0.1, -0.05) is 17.7 Å². The van der Waals surface area contributed by atoms with Crippen LogP contribution in [-0.2, 0) is 11.0 Å². The number of aromatic nitrogens is 1. The van der Waals surface area contributed by atoms with Gasteiger partial charge in [-0.05, 0) is 35.5 Å². The van der Waals surface area contributed by atoms with Gasteiger partial charge in [0.05, 0.1) is 15.5 Å². The van der Waals surface area contributed by atoms with Gasteiger partial charge in [-0.25, -0.2) is 0 Å². The third-order valence-corrected chi connectivity index (χ3v) is 5.08. The van der Waals surface area contributed by atoms with Gasteiger partial charge in [0.25, 0.3) is 11.1 Å². The van der Waals surface area contributed by atoms with Crippen molar-refractivity contribution in [3.05, 3.63) is 57.9 Å². The quantitative estimate of drug-likeness (QED) is 0.551. The van der Waals surface area contributed by atoms with Crippen LogP contribution in [0.1, 0.15) is 11.3 Å². The van der Waals surface area contributed by atoms with Crippen molar-refractivity contribution < 1.29 is 27.2 Å². The smallest absolute Gasteiger partial charge is 0.417 e. The number of hydrogen-bond donors (Lipinski definition) is 1. The van der Waals surface area contributed by atoms with E-state index in [1.807, 2.05) is 0 Å². The molecule has 0 unspecified atom stereocenters. The third-order valence-electron chi connectivity index (χ3n) is 3.94. The lowest BCUT2D eigenvalue weighted by Gasteiger charge is -2.11. The van der Waals surface area contributed by atoms with Crippen molar-refractivity contribution in [2.45, 2.75) is 6.18 Å². The Balaban J connectivity index is 1.82. The van der Waals surface area contributed by atoms with Gasteiger partial charge < -0.3 is 4.42 Å². The number of carbonyl (C=O) groups excluding carboxylic acids is 2. The first-order valence-electron chi connectivity index (χ1n) is 7.72. The van der Waals surface area contributed by atoms with E-state index >= 15 is 0 Å². The number of nitrogens with one attached hydrogen (secondary N) is 1. The second-order valence-electron chi connectivity index (χ2n) is 5.80. The normalized spacial score (nSPS) is 16.2. The summed E-state index contributed by atoms with van der Waals surface area (Å²) in [5.41, 5.74) is -0.0994. The number of thioether (sulfide) groups is 1. The van der Waals surface area contributed by atoms with E-state index in [-0.39, 0.29) is 16.2 Å². The van der Waals surface area contributed by atoms with Crippen LogP contribution in [-0.4, -0.2) is 16.1 Å². The Labute approximate surface area is 164 Å². The number of fused-ring (bicyclic) bond motifs is 1. The number of rotatable bonds is 2. The largest absolute Gasteiger partial charge is 0.456 e. The molecule has 0 aliphatic carbocycles. The highest BCUT2D eigenvalue weighted by Gasteiger charge is 2.33. The molecule has 0 saturated carbocycles. The monoisotopic (exact) mass is 424 g/mol. The zero-order valence-corrected chi connectivity index (χ0v) is 15.2. The number of imide groups is 1. The Morgan fingerprint density at radius 3 is 2.64 bits per heavy atom. The molecule has 1 aliphatic heterocycles. The number of benzene rings is 1. The van der Waals surface area contributed by atoms with Crippen LogP contribution in [0.4, 0.5) is 18.0 Å². The maximum Gasteiger partial charge on any atom is 0.417 e. The number of hydrogen-bond acceptors (Lipinski definition) is 5. The molecule has 28 heavy (non-hydrogen) atoms. The van der Waals surface area contributed by atoms with Crippen LogP contribution in [0.15, 0.2) is 46.0 Å². The first-order chi connectivity index (χ1) is 13.2. The van der Waals surface area contributed by atoms with E-state index in [1.165, 1.54) is 24.5 Å². The Morgan fingerprint density at radius 1 is 1.18 bits per heavy atom. The fourth-order valence-electron chi connectivity index (χ4n) is 2.72. The van der Waals surface area contributed by atoms with Crippen molar-refractivity contribution in [3.63, 3.8) is 0 Å². The highest BCUT2D eigenvalue weighted by Crippen LogP contribution is 2.39. The first kappa shape index (κ1) is 18.6. The molecule has 1 aromatic carbocycles. The standard InChI is InChI=1S/C18H8ClF3N2O3S/c19-13-2-1-8(4-12(13)18(20,21)22)11-7-23-6-9-3-10(27-15(9)11)5-14-16(25)24-17(26)28-14/h1-7H,(H,24,25,26)/b14-5+. The van der Waals surface area contributed by atoms with Crippen molar-refractivity contribution in [1.29, 1.82) is 0 Å². The summed E-state index contributed by atoms with van der Waals surface area (Å²) in [6, 6.07) is 5.11. The van der Waals surface area contributed by atoms with E-state index in [2.05, 4.69) is 10.3 Å². The summed E-state index contributed by atoms with van der Waals surface area (Å²) in [6.07, 6.45) is -0.352. The lowest BCUT2D eigenvalue weighted by Crippen LogP contribution is -2.17. The second-order valence-corrected chi connectivity index (χ2v) is 7.22. The Bertz CT molecular complexity index is 1170. The van der Waals surface area contributed by atoms with E-state index in [0.29, 0.717) is 16.5 Å². The van der Waals surface area contributed by atoms with Gasteiger partial charge in [0, 0.05) is 29.4 Å². The van der Waals surface area contributed by atoms with Gasteiger partial charge in [-0.15, -0.1) is 0 Å². The molecule has 0 bridgehead atoms. The topological polar surface area (TPSA) is 72.2 Å². The average molecular weight is 425 g/mol. The molecule has 3 heterocycles. The summed E-state index contributed by atoms with van der Waals surface area (Å²) in [7, 11) is 0. The van der Waals surface area contributed by atoms with Gasteiger partial charge in [-0.3, -0.25) is 19.9 Å². The molecule has 142 valence electrons. The van der Waals surface area contributed by atoms with Gasteiger partial charge in [0.15, 0.2) is 0 Å². The fourth-order valence-corrected chi connectivity index (χ4v) is 3.61. The highest BCUT2D eigenvalue weighted by atomic mass is 35.5. The number of halogens is 4. The number of carbonyl (C=O) groups is 2. The molecule has 1 fully saturated rings. The van der Waals surface area contributed by atoms with E-state index in [0.717, 1.165) is 23.9 Å². The molecular weight excluding hydrogens is 417 g/mol. The number of nitrogens with zero attached hydrogens (tertiary/aromatic N) is 1. The van der Waals surface area contributed by atoms with E-state index < -0.39 is 27.9 Å². The molecular formula is C18H8ClF3N2O3S. The highest BCUT2D eigenvalue weighted by molar-refractivity contribution is 8.18. The van der Waals surface area contributed by atoms with Crippen LogP contribution in [0, 0.1) is 0 Å². The Morgan fingerprint density at radius 2 is 1.96 bits per heavy atom. The van der Waals surface area contributed by atoms with Gasteiger partial charge >= 0.3 is 6.18 Å². The molecule has 1 saturated heterocycles. The molecule has 1 aliphatic rings. The maximum absolute atomic E-state index is 13.2. The first-order valence-corrected chi connectivity index (χ1v) is 8.91. The average Bonchev–Trinajstić information content (AvgIpc) is 3.16. The van der Waals surface area contributed by atoms with Crippen molar-refractivity contribution in [2.75, 3.05) is 0 Å². The lowest BCUT2D eigenvalue weighted by atomic mass is 10.0. The second kappa shape index (κ2) is 6.68. The molecule has 2 aromatic heterocycles. The minimum Gasteiger partial charge on any atom is -0.456 e. The minimum atomic E-state index is -4.60. The van der Waals surface area contributed by atoms with E-state index in [9.17, 15) is 22.8 Å². The summed E-state index contributed by atoms with van der Waals surface area (Å²) in [4.78, 5) is 27.1. The summed E-state index contributed by atoms with van der Waals surface area (Å²) < 4.78 is 45.2. The molecule has 10 heteroatoms. The molecule has 4 rings (SSSR count). The molecule has 2 amide bonds. The molecule has 3 aromatic rings. The number of furan rings is 1. The van der Waals surface area contributed by atoms with Crippen molar-refractivity contribution >= 4 is 51.6 Å².